The Morgan fingerprint density at radius 2 is 1.62 bits per heavy atom. The minimum atomic E-state index is -4.65. The van der Waals surface area contributed by atoms with E-state index in [2.05, 4.69) is 36.1 Å². The number of rotatable bonds is 4. The first-order valence-corrected chi connectivity index (χ1v) is 12.1. The number of halogens is 3. The molecule has 3 heterocycles. The molecule has 1 aromatic carbocycles. The number of pyridine rings is 2. The average molecular weight is 511 g/mol. The van der Waals surface area contributed by atoms with Gasteiger partial charge in [0, 0.05) is 48.5 Å². The van der Waals surface area contributed by atoms with Crippen molar-refractivity contribution in [3.05, 3.63) is 89.0 Å². The zero-order valence-corrected chi connectivity index (χ0v) is 21.0. The fraction of sp³-hybridized carbons (Fsp3) is 0.357. The molecule has 0 atom stereocenters. The summed E-state index contributed by atoms with van der Waals surface area (Å²) in [4.78, 5) is 35.3. The fourth-order valence-electron chi connectivity index (χ4n) is 4.42. The Kier molecular flexibility index (Phi) is 7.34. The van der Waals surface area contributed by atoms with Crippen molar-refractivity contribution in [1.82, 2.24) is 14.9 Å². The number of likely N-dealkylation sites (tertiary alicyclic amines) is 1. The molecule has 0 bridgehead atoms. The second-order valence-corrected chi connectivity index (χ2v) is 10.2. The van der Waals surface area contributed by atoms with Crippen molar-refractivity contribution in [1.29, 1.82) is 0 Å². The predicted molar refractivity (Wildman–Crippen MR) is 134 cm³/mol. The van der Waals surface area contributed by atoms with E-state index in [9.17, 15) is 22.8 Å². The van der Waals surface area contributed by atoms with Crippen molar-refractivity contribution in [2.75, 3.05) is 18.4 Å². The van der Waals surface area contributed by atoms with E-state index in [4.69, 9.17) is 0 Å². The number of hydrogen-bond acceptors (Lipinski definition) is 4. The van der Waals surface area contributed by atoms with Crippen LogP contribution in [0.1, 0.15) is 77.1 Å². The van der Waals surface area contributed by atoms with Crippen LogP contribution in [-0.4, -0.2) is 39.8 Å². The largest absolute Gasteiger partial charge is 0.417 e. The second-order valence-electron chi connectivity index (χ2n) is 10.2. The van der Waals surface area contributed by atoms with E-state index < -0.39 is 23.2 Å². The highest BCUT2D eigenvalue weighted by atomic mass is 19.4. The van der Waals surface area contributed by atoms with Crippen molar-refractivity contribution in [2.45, 2.75) is 51.1 Å². The first-order valence-electron chi connectivity index (χ1n) is 12.1. The topological polar surface area (TPSA) is 75.2 Å². The molecule has 9 heteroatoms. The van der Waals surface area contributed by atoms with Crippen LogP contribution in [0.4, 0.5) is 18.9 Å². The molecule has 0 unspecified atom stereocenters. The predicted octanol–water partition coefficient (Wildman–Crippen LogP) is 6.07. The number of carbonyl (C=O) groups excluding carboxylic acids is 2. The highest BCUT2D eigenvalue weighted by Gasteiger charge is 2.35. The average Bonchev–Trinajstić information content (AvgIpc) is 2.88. The summed E-state index contributed by atoms with van der Waals surface area (Å²) in [6.45, 7) is 7.46. The SMILES string of the molecule is CC(C)(C)c1ccc(C(=O)N2CCC(c3ccc(NC(=O)c4cnccc4C(F)(F)F)cc3)CC2)cn1. The lowest BCUT2D eigenvalue weighted by Gasteiger charge is -2.32. The third-order valence-electron chi connectivity index (χ3n) is 6.57. The summed E-state index contributed by atoms with van der Waals surface area (Å²) in [7, 11) is 0. The summed E-state index contributed by atoms with van der Waals surface area (Å²) in [6.07, 6.45) is 0.488. The molecule has 3 aromatic rings. The maximum atomic E-state index is 13.2. The summed E-state index contributed by atoms with van der Waals surface area (Å²) in [5.41, 5.74) is 1.32. The number of alkyl halides is 3. The lowest BCUT2D eigenvalue weighted by Crippen LogP contribution is -2.38. The summed E-state index contributed by atoms with van der Waals surface area (Å²) in [5, 5.41) is 2.52. The second kappa shape index (κ2) is 10.3. The third kappa shape index (κ3) is 6.15. The monoisotopic (exact) mass is 510 g/mol. The van der Waals surface area contributed by atoms with E-state index in [-0.39, 0.29) is 17.2 Å². The van der Waals surface area contributed by atoms with E-state index in [1.165, 1.54) is 0 Å². The van der Waals surface area contributed by atoms with E-state index in [0.29, 0.717) is 24.3 Å². The van der Waals surface area contributed by atoms with Gasteiger partial charge in [0.2, 0.25) is 0 Å². The molecule has 0 radical (unpaired) electrons. The van der Waals surface area contributed by atoms with Crippen molar-refractivity contribution >= 4 is 17.5 Å². The molecule has 1 saturated heterocycles. The van der Waals surface area contributed by atoms with Gasteiger partial charge in [-0.1, -0.05) is 32.9 Å². The van der Waals surface area contributed by atoms with Gasteiger partial charge in [-0.2, -0.15) is 13.2 Å². The van der Waals surface area contributed by atoms with Gasteiger partial charge in [-0.3, -0.25) is 19.6 Å². The first kappa shape index (κ1) is 26.3. The molecule has 4 rings (SSSR count). The number of piperidine rings is 1. The van der Waals surface area contributed by atoms with Gasteiger partial charge in [-0.05, 0) is 54.7 Å². The fourth-order valence-corrected chi connectivity index (χ4v) is 4.42. The summed E-state index contributed by atoms with van der Waals surface area (Å²) < 4.78 is 39.6. The molecule has 194 valence electrons. The zero-order valence-electron chi connectivity index (χ0n) is 21.0. The van der Waals surface area contributed by atoms with Crippen LogP contribution in [0.5, 0.6) is 0 Å². The van der Waals surface area contributed by atoms with E-state index in [1.54, 1.807) is 18.3 Å². The Hall–Kier alpha value is -3.75. The number of anilines is 1. The van der Waals surface area contributed by atoms with Crippen molar-refractivity contribution < 1.29 is 22.8 Å². The van der Waals surface area contributed by atoms with Crippen LogP contribution in [0.3, 0.4) is 0 Å². The molecule has 1 fully saturated rings. The third-order valence-corrected chi connectivity index (χ3v) is 6.57. The molecule has 0 saturated carbocycles. The van der Waals surface area contributed by atoms with Gasteiger partial charge < -0.3 is 10.2 Å². The summed E-state index contributed by atoms with van der Waals surface area (Å²) in [5.74, 6) is -0.659. The van der Waals surface area contributed by atoms with Gasteiger partial charge in [0.25, 0.3) is 11.8 Å². The maximum Gasteiger partial charge on any atom is 0.417 e. The Balaban J connectivity index is 1.35. The number of nitrogens with one attached hydrogen (secondary N) is 1. The Morgan fingerprint density at radius 3 is 2.19 bits per heavy atom. The van der Waals surface area contributed by atoms with Crippen LogP contribution in [0.25, 0.3) is 0 Å². The molecule has 6 nitrogen and oxygen atoms in total. The highest BCUT2D eigenvalue weighted by Crippen LogP contribution is 2.32. The van der Waals surface area contributed by atoms with Gasteiger partial charge in [0.1, 0.15) is 0 Å². The first-order chi connectivity index (χ1) is 17.4. The molecule has 0 spiro atoms. The molecular weight excluding hydrogens is 481 g/mol. The van der Waals surface area contributed by atoms with Gasteiger partial charge >= 0.3 is 6.18 Å². The molecule has 37 heavy (non-hydrogen) atoms. The van der Waals surface area contributed by atoms with Crippen LogP contribution in [-0.2, 0) is 11.6 Å². The minimum Gasteiger partial charge on any atom is -0.339 e. The Labute approximate surface area is 213 Å². The van der Waals surface area contributed by atoms with Gasteiger partial charge in [0.15, 0.2) is 0 Å². The maximum absolute atomic E-state index is 13.2. The standard InChI is InChI=1S/C28H29F3N4O2/c1-27(2,3)24-9-6-20(16-33-24)26(37)35-14-11-19(12-15-35)18-4-7-21(8-5-18)34-25(36)22-17-32-13-10-23(22)28(29,30)31/h4-10,13,16-17,19H,11-12,14-15H2,1-3H3,(H,34,36). The van der Waals surface area contributed by atoms with Crippen LogP contribution in [0, 0.1) is 0 Å². The van der Waals surface area contributed by atoms with Crippen LogP contribution in [0.15, 0.2) is 61.1 Å². The van der Waals surface area contributed by atoms with Gasteiger partial charge in [-0.25, -0.2) is 0 Å². The lowest BCUT2D eigenvalue weighted by atomic mass is 9.89. The smallest absolute Gasteiger partial charge is 0.339 e. The molecule has 2 aromatic heterocycles. The molecular formula is C28H29F3N4O2. The molecule has 1 N–H and O–H groups in total. The minimum absolute atomic E-state index is 0.0295. The molecule has 2 amide bonds. The number of amides is 2. The van der Waals surface area contributed by atoms with Crippen molar-refractivity contribution in [3.8, 4) is 0 Å². The zero-order chi connectivity index (χ0) is 26.8. The van der Waals surface area contributed by atoms with Crippen molar-refractivity contribution in [2.24, 2.45) is 0 Å². The molecule has 1 aliphatic heterocycles. The highest BCUT2D eigenvalue weighted by molar-refractivity contribution is 6.05. The van der Waals surface area contributed by atoms with Crippen LogP contribution < -0.4 is 5.32 Å². The van der Waals surface area contributed by atoms with E-state index in [1.807, 2.05) is 29.2 Å². The van der Waals surface area contributed by atoms with E-state index in [0.717, 1.165) is 42.6 Å². The molecule has 0 aliphatic carbocycles. The normalized spacial score (nSPS) is 14.9. The van der Waals surface area contributed by atoms with Crippen LogP contribution >= 0.6 is 0 Å². The van der Waals surface area contributed by atoms with E-state index >= 15 is 0 Å². The Morgan fingerprint density at radius 1 is 0.946 bits per heavy atom. The van der Waals surface area contributed by atoms with Crippen molar-refractivity contribution in [3.63, 3.8) is 0 Å². The summed E-state index contributed by atoms with van der Waals surface area (Å²) in [6, 6.07) is 11.6. The van der Waals surface area contributed by atoms with Gasteiger partial charge in [-0.15, -0.1) is 0 Å². The summed E-state index contributed by atoms with van der Waals surface area (Å²) >= 11 is 0. The number of aromatic nitrogens is 2. The molecule has 1 aliphatic rings. The number of nitrogens with zero attached hydrogens (tertiary/aromatic N) is 3. The number of carbonyl (C=O) groups is 2. The lowest BCUT2D eigenvalue weighted by molar-refractivity contribution is -0.138. The number of hydrogen-bond donors (Lipinski definition) is 1. The van der Waals surface area contributed by atoms with Crippen LogP contribution in [0.2, 0.25) is 0 Å². The quantitative estimate of drug-likeness (QED) is 0.463. The number of benzene rings is 1. The van der Waals surface area contributed by atoms with Gasteiger partial charge in [0.05, 0.1) is 16.7 Å². The Bertz CT molecular complexity index is 1260.